The largest absolute Gasteiger partial charge is 0.311 e. The third-order valence-electron chi connectivity index (χ3n) is 24.6. The highest BCUT2D eigenvalue weighted by molar-refractivity contribution is 7.33. The predicted molar refractivity (Wildman–Crippen MR) is 395 cm³/mol. The zero-order chi connectivity index (χ0) is 64.0. The van der Waals surface area contributed by atoms with Gasteiger partial charge in [0.2, 0.25) is 0 Å². The Morgan fingerprint density at radius 3 is 1.44 bits per heavy atom. The van der Waals surface area contributed by atoms with Crippen molar-refractivity contribution in [2.45, 2.75) is 232 Å². The number of fused-ring (bicyclic) bond motifs is 13. The number of hydrogen-bond acceptors (Lipinski definition) is 3. The molecule has 2 bridgehead atoms. The van der Waals surface area contributed by atoms with Crippen LogP contribution in [0.2, 0.25) is 0 Å². The van der Waals surface area contributed by atoms with E-state index in [0.717, 1.165) is 19.3 Å². The fraction of sp³-hybridized carbons (Fsp3) is 0.419. The zero-order valence-electron chi connectivity index (χ0n) is 58.3. The van der Waals surface area contributed by atoms with E-state index in [9.17, 15) is 0 Å². The predicted octanol–water partition coefficient (Wildman–Crippen LogP) is 22.4. The normalized spacial score (nSPS) is 21.6. The minimum atomic E-state index is -0.0724. The molecule has 0 spiro atoms. The van der Waals surface area contributed by atoms with Crippen molar-refractivity contribution in [3.8, 4) is 16.8 Å². The molecular formula is C86H96BN3S. The highest BCUT2D eigenvalue weighted by atomic mass is 32.1. The first-order valence-corrected chi connectivity index (χ1v) is 35.5. The first-order valence-electron chi connectivity index (χ1n) is 34.7. The average Bonchev–Trinajstić information content (AvgIpc) is 1.67. The summed E-state index contributed by atoms with van der Waals surface area (Å²) in [7, 11) is 0. The van der Waals surface area contributed by atoms with E-state index in [0.29, 0.717) is 0 Å². The van der Waals surface area contributed by atoms with Crippen LogP contribution in [0.4, 0.5) is 34.1 Å². The second kappa shape index (κ2) is 19.0. The molecule has 8 aromatic carbocycles. The van der Waals surface area contributed by atoms with Gasteiger partial charge in [0, 0.05) is 53.9 Å². The van der Waals surface area contributed by atoms with E-state index in [4.69, 9.17) is 0 Å². The summed E-state index contributed by atoms with van der Waals surface area (Å²) in [6, 6.07) is 57.7. The summed E-state index contributed by atoms with van der Waals surface area (Å²) in [5.74, 6) is 0. The third-order valence-corrected chi connectivity index (χ3v) is 25.8. The lowest BCUT2D eigenvalue weighted by Gasteiger charge is -2.52. The van der Waals surface area contributed by atoms with E-state index in [-0.39, 0.29) is 55.4 Å². The van der Waals surface area contributed by atoms with Crippen molar-refractivity contribution < 1.29 is 0 Å². The molecule has 7 aliphatic rings. The number of rotatable bonds is 4. The Kier molecular flexibility index (Phi) is 12.3. The summed E-state index contributed by atoms with van der Waals surface area (Å²) in [5, 5.41) is 3.98. The van der Waals surface area contributed by atoms with Gasteiger partial charge in [-0.15, -0.1) is 11.3 Å². The maximum atomic E-state index is 2.83. The molecule has 0 saturated heterocycles. The molecule has 0 radical (unpaired) electrons. The third kappa shape index (κ3) is 8.69. The fourth-order valence-corrected chi connectivity index (χ4v) is 19.5. The van der Waals surface area contributed by atoms with Gasteiger partial charge in [-0.05, 0) is 233 Å². The van der Waals surface area contributed by atoms with Crippen LogP contribution in [0.5, 0.6) is 0 Å². The van der Waals surface area contributed by atoms with E-state index in [1.54, 1.807) is 11.1 Å². The molecule has 0 N–H and O–H groups in total. The lowest BCUT2D eigenvalue weighted by molar-refractivity contribution is 0.188. The van der Waals surface area contributed by atoms with Gasteiger partial charge in [0.1, 0.15) is 0 Å². The summed E-state index contributed by atoms with van der Waals surface area (Å²) in [5.41, 5.74) is 30.1. The number of anilines is 6. The van der Waals surface area contributed by atoms with Crippen molar-refractivity contribution >= 4 is 99.8 Å². The molecule has 4 heterocycles. The van der Waals surface area contributed by atoms with Gasteiger partial charge in [-0.25, -0.2) is 0 Å². The summed E-state index contributed by atoms with van der Waals surface area (Å²) in [6.07, 6.45) is 9.64. The number of benzene rings is 8. The standard InChI is InChI=1S/C86H96BN3S/c1-78(2,3)52-27-32-68(59(41-52)51-23-21-20-22-24-51)90-73-46-56(89-69-42-53(79(4,5)6)25-29-57(69)58-30-26-54(43-70(58)89)80(7,8)9)45-72-75(73)87(77-76(90)60-47-65-66(50-74(60)91-77)86(19)39-37-85(65,18)38-40-86)67-48-63-64(84(16,17)36-35-83(63,14)15)49-71(67)88(72)55-28-31-61-62(44-55)82(12,13)34-33-81(61,10)11/h20-32,41-50H,33-40H2,1-19H3. The highest BCUT2D eigenvalue weighted by Gasteiger charge is 2.52. The molecule has 464 valence electrons. The Bertz CT molecular complexity index is 4680. The lowest BCUT2D eigenvalue weighted by atomic mass is 9.35. The van der Waals surface area contributed by atoms with Gasteiger partial charge < -0.3 is 14.4 Å². The summed E-state index contributed by atoms with van der Waals surface area (Å²) in [4.78, 5) is 5.63. The molecule has 0 atom stereocenters. The van der Waals surface area contributed by atoms with Crippen molar-refractivity contribution in [2.75, 3.05) is 9.80 Å². The van der Waals surface area contributed by atoms with E-state index in [2.05, 4.69) is 297 Å². The Morgan fingerprint density at radius 1 is 0.385 bits per heavy atom. The number of thiophene rings is 1. The van der Waals surface area contributed by atoms with Crippen LogP contribution in [0.15, 0.2) is 140 Å². The van der Waals surface area contributed by atoms with Crippen molar-refractivity contribution in [1.82, 2.24) is 4.57 Å². The first-order chi connectivity index (χ1) is 42.7. The molecule has 0 unspecified atom stereocenters. The summed E-state index contributed by atoms with van der Waals surface area (Å²) in [6.45, 7) is 46.6. The number of aromatic nitrogens is 1. The van der Waals surface area contributed by atoms with Crippen LogP contribution >= 0.6 is 11.3 Å². The van der Waals surface area contributed by atoms with Gasteiger partial charge in [0.15, 0.2) is 0 Å². The van der Waals surface area contributed by atoms with E-state index < -0.39 is 0 Å². The molecule has 5 heteroatoms. The van der Waals surface area contributed by atoms with Crippen LogP contribution in [0, 0.1) is 0 Å². The average molecular weight is 1210 g/mol. The van der Waals surface area contributed by atoms with Gasteiger partial charge in [-0.1, -0.05) is 204 Å². The van der Waals surface area contributed by atoms with Crippen molar-refractivity contribution in [2.24, 2.45) is 0 Å². The zero-order valence-corrected chi connectivity index (χ0v) is 59.1. The van der Waals surface area contributed by atoms with Crippen molar-refractivity contribution in [1.29, 1.82) is 0 Å². The minimum Gasteiger partial charge on any atom is -0.311 e. The Balaban J connectivity index is 1.12. The molecule has 10 aromatic rings. The van der Waals surface area contributed by atoms with Crippen molar-refractivity contribution in [3.05, 3.63) is 190 Å². The monoisotopic (exact) mass is 1210 g/mol. The van der Waals surface area contributed by atoms with Crippen molar-refractivity contribution in [3.63, 3.8) is 0 Å². The topological polar surface area (TPSA) is 11.4 Å². The lowest BCUT2D eigenvalue weighted by Crippen LogP contribution is -2.61. The number of hydrogen-bond donors (Lipinski definition) is 0. The Hall–Kier alpha value is -6.82. The van der Waals surface area contributed by atoms with Crippen LogP contribution in [0.1, 0.15) is 233 Å². The Labute approximate surface area is 548 Å². The van der Waals surface area contributed by atoms with Gasteiger partial charge in [0.25, 0.3) is 6.71 Å². The molecule has 2 aliphatic heterocycles. The highest BCUT2D eigenvalue weighted by Crippen LogP contribution is 2.60. The van der Waals surface area contributed by atoms with E-state index >= 15 is 0 Å². The molecule has 5 aliphatic carbocycles. The maximum Gasteiger partial charge on any atom is 0.264 e. The Morgan fingerprint density at radius 2 is 0.879 bits per heavy atom. The quantitative estimate of drug-likeness (QED) is 0.163. The van der Waals surface area contributed by atoms with Gasteiger partial charge in [-0.3, -0.25) is 0 Å². The molecule has 2 aromatic heterocycles. The van der Waals surface area contributed by atoms with E-state index in [1.165, 1.54) is 170 Å². The van der Waals surface area contributed by atoms with Crippen LogP contribution in [-0.4, -0.2) is 11.3 Å². The molecule has 17 rings (SSSR count). The fourth-order valence-electron chi connectivity index (χ4n) is 18.1. The SMILES string of the molecule is CC(C)(C)c1ccc(N2c3cc(-n4c5cc(C(C)(C)C)ccc5c5ccc(C(C)(C)C)cc54)cc4c3B(c3cc5c(cc3N4c3ccc4c(c3)C(C)(C)CCC4(C)C)C(C)(C)CCC5(C)C)c3sc4cc5c(cc4c32)C2(C)CCC5(C)CC2)c(-c2ccccc2)c1. The first kappa shape index (κ1) is 59.2. The van der Waals surface area contributed by atoms with Gasteiger partial charge in [-0.2, -0.15) is 0 Å². The van der Waals surface area contributed by atoms with Crippen LogP contribution < -0.4 is 25.5 Å². The smallest absolute Gasteiger partial charge is 0.264 e. The molecule has 1 saturated carbocycles. The minimum absolute atomic E-state index is 0.000241. The van der Waals surface area contributed by atoms with Crippen LogP contribution in [0.25, 0.3) is 48.7 Å². The maximum absolute atomic E-state index is 2.83. The van der Waals surface area contributed by atoms with Crippen LogP contribution in [0.3, 0.4) is 0 Å². The van der Waals surface area contributed by atoms with Gasteiger partial charge in [0.05, 0.1) is 28.1 Å². The molecule has 0 amide bonds. The second-order valence-corrected chi connectivity index (χ2v) is 36.8. The van der Waals surface area contributed by atoms with E-state index in [1.807, 2.05) is 0 Å². The van der Waals surface area contributed by atoms with Gasteiger partial charge >= 0.3 is 0 Å². The summed E-state index contributed by atoms with van der Waals surface area (Å²) < 4.78 is 5.58. The molecule has 3 nitrogen and oxygen atoms in total. The second-order valence-electron chi connectivity index (χ2n) is 35.7. The molecular weight excluding hydrogens is 1120 g/mol. The molecule has 1 fully saturated rings. The summed E-state index contributed by atoms with van der Waals surface area (Å²) >= 11 is 2.11. The molecule has 91 heavy (non-hydrogen) atoms. The van der Waals surface area contributed by atoms with Crippen LogP contribution in [-0.2, 0) is 48.7 Å². The number of nitrogens with zero attached hydrogens (tertiary/aromatic N) is 3.